The van der Waals surface area contributed by atoms with Crippen LogP contribution < -0.4 is 5.32 Å². The lowest BCUT2D eigenvalue weighted by molar-refractivity contribution is 0.102. The van der Waals surface area contributed by atoms with Crippen molar-refractivity contribution in [3.8, 4) is 0 Å². The standard InChI is InChI=1S/C13H7Cl2N3OS/c14-9-3-2-8(6-10(9)15)16-13(19)7-1-4-11-12(5-7)18-20-17-11/h1-6H,(H,16,19). The smallest absolute Gasteiger partial charge is 0.255 e. The Labute approximate surface area is 128 Å². The molecule has 0 aliphatic heterocycles. The molecule has 3 aromatic rings. The number of hydrogen-bond acceptors (Lipinski definition) is 4. The molecule has 4 nitrogen and oxygen atoms in total. The molecule has 2 aromatic carbocycles. The number of anilines is 1. The molecule has 1 heterocycles. The van der Waals surface area contributed by atoms with E-state index in [1.165, 1.54) is 0 Å². The number of halogens is 2. The van der Waals surface area contributed by atoms with E-state index < -0.39 is 0 Å². The molecule has 100 valence electrons. The van der Waals surface area contributed by atoms with Crippen LogP contribution in [-0.2, 0) is 0 Å². The fourth-order valence-electron chi connectivity index (χ4n) is 1.70. The maximum Gasteiger partial charge on any atom is 0.255 e. The first-order valence-corrected chi connectivity index (χ1v) is 7.11. The van der Waals surface area contributed by atoms with Gasteiger partial charge in [0.2, 0.25) is 0 Å². The molecule has 20 heavy (non-hydrogen) atoms. The van der Waals surface area contributed by atoms with Gasteiger partial charge in [0.25, 0.3) is 5.91 Å². The summed E-state index contributed by atoms with van der Waals surface area (Å²) in [5.74, 6) is -0.238. The Morgan fingerprint density at radius 3 is 2.60 bits per heavy atom. The Balaban J connectivity index is 1.86. The SMILES string of the molecule is O=C(Nc1ccc(Cl)c(Cl)c1)c1ccc2nsnc2c1. The van der Waals surface area contributed by atoms with Gasteiger partial charge in [-0.05, 0) is 36.4 Å². The van der Waals surface area contributed by atoms with Gasteiger partial charge in [-0.15, -0.1) is 0 Å². The zero-order chi connectivity index (χ0) is 14.1. The van der Waals surface area contributed by atoms with Gasteiger partial charge in [0.15, 0.2) is 0 Å². The summed E-state index contributed by atoms with van der Waals surface area (Å²) in [4.78, 5) is 12.1. The quantitative estimate of drug-likeness (QED) is 0.767. The molecule has 0 aliphatic carbocycles. The minimum absolute atomic E-state index is 0.238. The fourth-order valence-corrected chi connectivity index (χ4v) is 2.52. The highest BCUT2D eigenvalue weighted by Crippen LogP contribution is 2.25. The third-order valence-electron chi connectivity index (χ3n) is 2.69. The van der Waals surface area contributed by atoms with Crippen molar-refractivity contribution < 1.29 is 4.79 Å². The van der Waals surface area contributed by atoms with E-state index in [9.17, 15) is 4.79 Å². The van der Waals surface area contributed by atoms with Gasteiger partial charge in [-0.25, -0.2) is 0 Å². The van der Waals surface area contributed by atoms with E-state index in [0.29, 0.717) is 26.8 Å². The summed E-state index contributed by atoms with van der Waals surface area (Å²) in [6.07, 6.45) is 0. The Bertz CT molecular complexity index is 803. The first-order chi connectivity index (χ1) is 9.63. The summed E-state index contributed by atoms with van der Waals surface area (Å²) in [5.41, 5.74) is 2.58. The van der Waals surface area contributed by atoms with Crippen molar-refractivity contribution >= 4 is 57.6 Å². The molecule has 7 heteroatoms. The largest absolute Gasteiger partial charge is 0.322 e. The van der Waals surface area contributed by atoms with E-state index in [1.54, 1.807) is 36.4 Å². The summed E-state index contributed by atoms with van der Waals surface area (Å²) in [6, 6.07) is 10.1. The zero-order valence-electron chi connectivity index (χ0n) is 9.93. The molecule has 0 spiro atoms. The van der Waals surface area contributed by atoms with Crippen LogP contribution >= 0.6 is 34.9 Å². The number of carbonyl (C=O) groups is 1. The van der Waals surface area contributed by atoms with Crippen molar-refractivity contribution in [2.24, 2.45) is 0 Å². The van der Waals surface area contributed by atoms with Crippen LogP contribution in [0.1, 0.15) is 10.4 Å². The van der Waals surface area contributed by atoms with Crippen molar-refractivity contribution in [3.05, 3.63) is 52.0 Å². The molecular weight excluding hydrogens is 317 g/mol. The molecule has 0 aliphatic rings. The molecule has 0 radical (unpaired) electrons. The number of nitrogens with zero attached hydrogens (tertiary/aromatic N) is 2. The van der Waals surface area contributed by atoms with Crippen LogP contribution in [-0.4, -0.2) is 14.7 Å². The number of benzene rings is 2. The fraction of sp³-hybridized carbons (Fsp3) is 0. The van der Waals surface area contributed by atoms with Crippen molar-refractivity contribution in [1.82, 2.24) is 8.75 Å². The number of rotatable bonds is 2. The van der Waals surface area contributed by atoms with Crippen LogP contribution in [0.3, 0.4) is 0 Å². The van der Waals surface area contributed by atoms with E-state index in [4.69, 9.17) is 23.2 Å². The van der Waals surface area contributed by atoms with Crippen LogP contribution in [0.5, 0.6) is 0 Å². The second-order valence-corrected chi connectivity index (χ2v) is 5.39. The molecule has 0 fully saturated rings. The topological polar surface area (TPSA) is 54.9 Å². The Morgan fingerprint density at radius 1 is 1.00 bits per heavy atom. The van der Waals surface area contributed by atoms with Crippen LogP contribution in [0.2, 0.25) is 10.0 Å². The Kier molecular flexibility index (Phi) is 3.56. The molecule has 0 bridgehead atoms. The first kappa shape index (κ1) is 13.3. The van der Waals surface area contributed by atoms with Crippen molar-refractivity contribution in [2.45, 2.75) is 0 Å². The summed E-state index contributed by atoms with van der Waals surface area (Å²) in [6.45, 7) is 0. The number of aromatic nitrogens is 2. The number of fused-ring (bicyclic) bond motifs is 1. The highest BCUT2D eigenvalue weighted by atomic mass is 35.5. The van der Waals surface area contributed by atoms with Gasteiger partial charge in [0, 0.05) is 11.3 Å². The van der Waals surface area contributed by atoms with Crippen LogP contribution in [0.25, 0.3) is 11.0 Å². The van der Waals surface area contributed by atoms with Gasteiger partial charge in [0.1, 0.15) is 11.0 Å². The van der Waals surface area contributed by atoms with E-state index in [0.717, 1.165) is 17.2 Å². The second-order valence-electron chi connectivity index (χ2n) is 4.05. The van der Waals surface area contributed by atoms with E-state index in [2.05, 4.69) is 14.1 Å². The number of hydrogen-bond donors (Lipinski definition) is 1. The monoisotopic (exact) mass is 323 g/mol. The number of carbonyl (C=O) groups excluding carboxylic acids is 1. The van der Waals surface area contributed by atoms with Gasteiger partial charge in [-0.3, -0.25) is 4.79 Å². The molecule has 0 saturated carbocycles. The summed E-state index contributed by atoms with van der Waals surface area (Å²) in [7, 11) is 0. The van der Waals surface area contributed by atoms with Gasteiger partial charge < -0.3 is 5.32 Å². The second kappa shape index (κ2) is 5.36. The Hall–Kier alpha value is -1.69. The molecule has 0 atom stereocenters. The lowest BCUT2D eigenvalue weighted by Gasteiger charge is -2.06. The van der Waals surface area contributed by atoms with E-state index >= 15 is 0 Å². The predicted molar refractivity (Wildman–Crippen MR) is 81.8 cm³/mol. The molecule has 1 N–H and O–H groups in total. The average Bonchev–Trinajstić information content (AvgIpc) is 2.90. The van der Waals surface area contributed by atoms with Crippen LogP contribution in [0.15, 0.2) is 36.4 Å². The Morgan fingerprint density at radius 2 is 1.80 bits per heavy atom. The first-order valence-electron chi connectivity index (χ1n) is 5.62. The van der Waals surface area contributed by atoms with E-state index in [-0.39, 0.29) is 5.91 Å². The summed E-state index contributed by atoms with van der Waals surface area (Å²) >= 11 is 12.9. The highest BCUT2D eigenvalue weighted by Gasteiger charge is 2.09. The van der Waals surface area contributed by atoms with Gasteiger partial charge in [-0.2, -0.15) is 8.75 Å². The highest BCUT2D eigenvalue weighted by molar-refractivity contribution is 7.00. The maximum atomic E-state index is 12.1. The van der Waals surface area contributed by atoms with Crippen molar-refractivity contribution in [2.75, 3.05) is 5.32 Å². The maximum absolute atomic E-state index is 12.1. The number of nitrogens with one attached hydrogen (secondary N) is 1. The minimum atomic E-state index is -0.238. The van der Waals surface area contributed by atoms with Crippen LogP contribution in [0, 0.1) is 0 Å². The minimum Gasteiger partial charge on any atom is -0.322 e. The molecular formula is C13H7Cl2N3OS. The molecule has 3 rings (SSSR count). The third kappa shape index (κ3) is 2.60. The average molecular weight is 324 g/mol. The molecule has 1 aromatic heterocycles. The van der Waals surface area contributed by atoms with Crippen LogP contribution in [0.4, 0.5) is 5.69 Å². The van der Waals surface area contributed by atoms with Crippen molar-refractivity contribution in [1.29, 1.82) is 0 Å². The van der Waals surface area contributed by atoms with Crippen molar-refractivity contribution in [3.63, 3.8) is 0 Å². The predicted octanol–water partition coefficient (Wildman–Crippen LogP) is 4.25. The number of amides is 1. The normalized spacial score (nSPS) is 10.7. The molecule has 0 saturated heterocycles. The lowest BCUT2D eigenvalue weighted by atomic mass is 10.2. The van der Waals surface area contributed by atoms with Gasteiger partial charge >= 0.3 is 0 Å². The molecule has 0 unspecified atom stereocenters. The third-order valence-corrected chi connectivity index (χ3v) is 3.99. The van der Waals surface area contributed by atoms with Gasteiger partial charge in [-0.1, -0.05) is 23.2 Å². The zero-order valence-corrected chi connectivity index (χ0v) is 12.3. The molecule has 1 amide bonds. The lowest BCUT2D eigenvalue weighted by Crippen LogP contribution is -2.11. The van der Waals surface area contributed by atoms with E-state index in [1.807, 2.05) is 0 Å². The summed E-state index contributed by atoms with van der Waals surface area (Å²) in [5, 5.41) is 3.59. The summed E-state index contributed by atoms with van der Waals surface area (Å²) < 4.78 is 8.20. The van der Waals surface area contributed by atoms with Gasteiger partial charge in [0.05, 0.1) is 21.8 Å².